The Bertz CT molecular complexity index is 2520. The highest BCUT2D eigenvalue weighted by Crippen LogP contribution is 2.37. The van der Waals surface area contributed by atoms with Gasteiger partial charge in [0.25, 0.3) is 11.5 Å². The van der Waals surface area contributed by atoms with Crippen molar-refractivity contribution in [2.24, 2.45) is 18.9 Å². The third-order valence-corrected chi connectivity index (χ3v) is 12.5. The van der Waals surface area contributed by atoms with Crippen LogP contribution in [-0.4, -0.2) is 111 Å². The molecule has 0 spiro atoms. The lowest BCUT2D eigenvalue weighted by Crippen LogP contribution is -2.49. The number of nitrogens with zero attached hydrogens (tertiary/aromatic N) is 9. The maximum atomic E-state index is 13.3. The van der Waals surface area contributed by atoms with Crippen LogP contribution >= 0.6 is 11.6 Å². The average Bonchev–Trinajstić information content (AvgIpc) is 4.02. The normalized spacial score (nSPS) is 19.2. The van der Waals surface area contributed by atoms with Crippen molar-refractivity contribution in [3.8, 4) is 5.75 Å². The minimum Gasteiger partial charge on any atom is -0.478 e. The van der Waals surface area contributed by atoms with E-state index in [0.717, 1.165) is 93.8 Å². The molecule has 1 atom stereocenters. The number of anilines is 4. The molecule has 1 aliphatic carbocycles. The van der Waals surface area contributed by atoms with Gasteiger partial charge < -0.3 is 25.2 Å². The van der Waals surface area contributed by atoms with Crippen molar-refractivity contribution in [1.29, 1.82) is 0 Å². The van der Waals surface area contributed by atoms with Crippen LogP contribution in [0.2, 0.25) is 5.02 Å². The van der Waals surface area contributed by atoms with Gasteiger partial charge in [-0.2, -0.15) is 10.1 Å². The first-order valence-corrected chi connectivity index (χ1v) is 21.2. The van der Waals surface area contributed by atoms with Crippen LogP contribution in [0.5, 0.6) is 5.75 Å². The van der Waals surface area contributed by atoms with Crippen LogP contribution in [0.3, 0.4) is 0 Å². The predicted octanol–water partition coefficient (Wildman–Crippen LogP) is 3.56. The number of carbonyl (C=O) groups excluding carboxylic acids is 3. The maximum absolute atomic E-state index is 13.3. The summed E-state index contributed by atoms with van der Waals surface area (Å²) in [6.45, 7) is 6.56. The summed E-state index contributed by atoms with van der Waals surface area (Å²) in [6.07, 6.45) is 8.36. The Morgan fingerprint density at radius 1 is 0.933 bits per heavy atom. The standard InChI is InChI=1S/C42H49ClN12O5/c1-44-35(57)24-60-33-19-27-18-28(20-45-39(27)55(41(33)59)23-25-6-7-25)47-38-31(43)21-46-42(49-38)54-16-14-52(15-17-54)22-26-10-12-53(13-11-26)32-5-3-4-29-36(50-51(2)37(29)32)30-8-9-34(56)48-40(30)58/h3-5,18-21,25-26,30H,6-17,22-24H2,1-2H3,(H,44,57)(H,46,47,49)(H,48,56,58). The molecule has 1 aromatic carbocycles. The number of halogens is 1. The number of hydrogen-bond donors (Lipinski definition) is 3. The number of likely N-dealkylation sites (N-methyl/N-ethyl adjacent to an activating group) is 1. The molecule has 3 saturated heterocycles. The predicted molar refractivity (Wildman–Crippen MR) is 228 cm³/mol. The molecule has 4 fully saturated rings. The molecular weight excluding hydrogens is 788 g/mol. The average molecular weight is 837 g/mol. The second-order valence-electron chi connectivity index (χ2n) is 16.4. The van der Waals surface area contributed by atoms with Crippen molar-refractivity contribution < 1.29 is 19.1 Å². The number of para-hydroxylation sites is 1. The number of benzene rings is 1. The first-order valence-electron chi connectivity index (χ1n) is 20.8. The Morgan fingerprint density at radius 3 is 2.47 bits per heavy atom. The maximum Gasteiger partial charge on any atom is 0.294 e. The number of piperidine rings is 2. The summed E-state index contributed by atoms with van der Waals surface area (Å²) in [5, 5.41) is 15.1. The zero-order chi connectivity index (χ0) is 41.5. The fourth-order valence-electron chi connectivity index (χ4n) is 8.75. The molecule has 314 valence electrons. The number of aryl methyl sites for hydroxylation is 1. The quantitative estimate of drug-likeness (QED) is 0.155. The van der Waals surface area contributed by atoms with Gasteiger partial charge in [0.1, 0.15) is 10.7 Å². The molecule has 4 aliphatic rings. The van der Waals surface area contributed by atoms with E-state index in [1.54, 1.807) is 23.0 Å². The fourth-order valence-corrected chi connectivity index (χ4v) is 8.89. The number of hydrogen-bond acceptors (Lipinski definition) is 13. The Kier molecular flexibility index (Phi) is 11.0. The third-order valence-electron chi connectivity index (χ3n) is 12.2. The number of rotatable bonds is 12. The highest BCUT2D eigenvalue weighted by atomic mass is 35.5. The van der Waals surface area contributed by atoms with E-state index in [0.29, 0.717) is 64.7 Å². The summed E-state index contributed by atoms with van der Waals surface area (Å²) in [7, 11) is 3.45. The Morgan fingerprint density at radius 2 is 1.72 bits per heavy atom. The van der Waals surface area contributed by atoms with Gasteiger partial charge >= 0.3 is 0 Å². The molecule has 5 aromatic rings. The highest BCUT2D eigenvalue weighted by molar-refractivity contribution is 6.33. The fraction of sp³-hybridized carbons (Fsp3) is 0.476. The lowest BCUT2D eigenvalue weighted by atomic mass is 9.92. The summed E-state index contributed by atoms with van der Waals surface area (Å²) < 4.78 is 9.17. The van der Waals surface area contributed by atoms with Crippen LogP contribution in [0.4, 0.5) is 23.1 Å². The van der Waals surface area contributed by atoms with Crippen molar-refractivity contribution in [1.82, 2.24) is 44.8 Å². The lowest BCUT2D eigenvalue weighted by molar-refractivity contribution is -0.134. The van der Waals surface area contributed by atoms with E-state index in [-0.39, 0.29) is 35.6 Å². The van der Waals surface area contributed by atoms with Crippen LogP contribution in [0.25, 0.3) is 21.9 Å². The number of imide groups is 1. The number of pyridine rings is 2. The van der Waals surface area contributed by atoms with E-state index >= 15 is 0 Å². The van der Waals surface area contributed by atoms with E-state index in [1.807, 2.05) is 29.9 Å². The second-order valence-corrected chi connectivity index (χ2v) is 16.8. The van der Waals surface area contributed by atoms with Crippen molar-refractivity contribution in [3.05, 3.63) is 63.8 Å². The number of ether oxygens (including phenoxy) is 1. The summed E-state index contributed by atoms with van der Waals surface area (Å²) in [5.74, 6) is 0.904. The topological polar surface area (TPSA) is 185 Å². The second kappa shape index (κ2) is 16.7. The van der Waals surface area contributed by atoms with E-state index in [4.69, 9.17) is 26.4 Å². The minimum absolute atomic E-state index is 0.0970. The van der Waals surface area contributed by atoms with E-state index < -0.39 is 5.92 Å². The van der Waals surface area contributed by atoms with Crippen LogP contribution in [0.15, 0.2) is 47.5 Å². The minimum atomic E-state index is -0.425. The molecule has 4 aromatic heterocycles. The molecule has 7 heterocycles. The number of carbonyl (C=O) groups is 3. The molecule has 60 heavy (non-hydrogen) atoms. The molecular formula is C42H49ClN12O5. The first kappa shape index (κ1) is 39.6. The van der Waals surface area contributed by atoms with Gasteiger partial charge in [-0.05, 0) is 62.1 Å². The Hall–Kier alpha value is -5.81. The zero-order valence-corrected chi connectivity index (χ0v) is 34.6. The van der Waals surface area contributed by atoms with Crippen LogP contribution in [0.1, 0.15) is 50.1 Å². The SMILES string of the molecule is CNC(=O)COc1cc2cc(Nc3nc(N4CCN(CC5CCN(c6cccc7c(C8CCC(=O)NC8=O)nn(C)c67)CC5)CC4)ncc3Cl)cnc2n(CC2CC2)c1=O. The van der Waals surface area contributed by atoms with Gasteiger partial charge in [0.15, 0.2) is 18.2 Å². The summed E-state index contributed by atoms with van der Waals surface area (Å²) in [4.78, 5) is 70.9. The molecule has 0 radical (unpaired) electrons. The molecule has 3 N–H and O–H groups in total. The number of amides is 3. The first-order chi connectivity index (χ1) is 29.1. The van der Waals surface area contributed by atoms with Gasteiger partial charge in [0.2, 0.25) is 17.8 Å². The number of nitrogens with one attached hydrogen (secondary N) is 3. The zero-order valence-electron chi connectivity index (χ0n) is 33.8. The van der Waals surface area contributed by atoms with Gasteiger partial charge in [-0.15, -0.1) is 0 Å². The molecule has 3 amide bonds. The monoisotopic (exact) mass is 836 g/mol. The lowest BCUT2D eigenvalue weighted by Gasteiger charge is -2.39. The molecule has 1 saturated carbocycles. The number of aromatic nitrogens is 6. The third kappa shape index (κ3) is 8.19. The number of piperazine rings is 1. The summed E-state index contributed by atoms with van der Waals surface area (Å²) in [6, 6.07) is 9.73. The summed E-state index contributed by atoms with van der Waals surface area (Å²) in [5.41, 5.74) is 3.78. The Labute approximate surface area is 351 Å². The van der Waals surface area contributed by atoms with Crippen molar-refractivity contribution >= 4 is 74.4 Å². The van der Waals surface area contributed by atoms with Gasteiger partial charge in [-0.25, -0.2) is 9.97 Å². The summed E-state index contributed by atoms with van der Waals surface area (Å²) >= 11 is 6.61. The molecule has 3 aliphatic heterocycles. The van der Waals surface area contributed by atoms with E-state index in [1.165, 1.54) is 7.05 Å². The van der Waals surface area contributed by atoms with E-state index in [2.05, 4.69) is 46.7 Å². The smallest absolute Gasteiger partial charge is 0.294 e. The molecule has 17 nitrogen and oxygen atoms in total. The van der Waals surface area contributed by atoms with Gasteiger partial charge in [0, 0.05) is 83.6 Å². The highest BCUT2D eigenvalue weighted by Gasteiger charge is 2.33. The van der Waals surface area contributed by atoms with Gasteiger partial charge in [0.05, 0.1) is 40.9 Å². The molecule has 0 bridgehead atoms. The van der Waals surface area contributed by atoms with Gasteiger partial charge in [-0.3, -0.25) is 38.6 Å². The van der Waals surface area contributed by atoms with Crippen LogP contribution in [-0.2, 0) is 28.0 Å². The van der Waals surface area contributed by atoms with Gasteiger partial charge in [-0.1, -0.05) is 23.7 Å². The molecule has 9 rings (SSSR count). The van der Waals surface area contributed by atoms with Crippen molar-refractivity contribution in [2.75, 3.05) is 74.6 Å². The largest absolute Gasteiger partial charge is 0.478 e. The number of fused-ring (bicyclic) bond motifs is 2. The molecule has 18 heteroatoms. The van der Waals surface area contributed by atoms with Crippen LogP contribution in [0, 0.1) is 11.8 Å². The van der Waals surface area contributed by atoms with Crippen molar-refractivity contribution in [2.45, 2.75) is 51.0 Å². The van der Waals surface area contributed by atoms with E-state index in [9.17, 15) is 19.2 Å². The van der Waals surface area contributed by atoms with Crippen LogP contribution < -0.4 is 36.0 Å². The molecule has 1 unspecified atom stereocenters. The van der Waals surface area contributed by atoms with Crippen molar-refractivity contribution in [3.63, 3.8) is 0 Å². The Balaban J connectivity index is 0.813.